The van der Waals surface area contributed by atoms with Gasteiger partial charge in [-0.05, 0) is 6.92 Å². The van der Waals surface area contributed by atoms with Gasteiger partial charge >= 0.3 is 11.6 Å². The molecule has 0 bridgehead atoms. The Morgan fingerprint density at radius 2 is 2.21 bits per heavy atom. The van der Waals surface area contributed by atoms with Crippen molar-refractivity contribution in [2.75, 3.05) is 6.61 Å². The van der Waals surface area contributed by atoms with Gasteiger partial charge in [0, 0.05) is 6.92 Å². The average molecular weight is 199 g/mol. The molecule has 76 valence electrons. The maximum atomic E-state index is 11.2. The first kappa shape index (κ1) is 10.2. The van der Waals surface area contributed by atoms with Crippen LogP contribution in [0.3, 0.4) is 0 Å². The summed E-state index contributed by atoms with van der Waals surface area (Å²) in [4.78, 5) is 32.9. The van der Waals surface area contributed by atoms with E-state index in [1.807, 2.05) is 0 Å². The van der Waals surface area contributed by atoms with Crippen molar-refractivity contribution in [1.82, 2.24) is 4.74 Å². The van der Waals surface area contributed by atoms with Gasteiger partial charge < -0.3 is 9.26 Å². The molecule has 0 fully saturated rings. The Morgan fingerprint density at radius 3 is 2.71 bits per heavy atom. The van der Waals surface area contributed by atoms with Gasteiger partial charge in [0.25, 0.3) is 5.91 Å². The largest absolute Gasteiger partial charge is 0.461 e. The van der Waals surface area contributed by atoms with E-state index in [1.165, 1.54) is 6.92 Å². The number of rotatable bonds is 2. The van der Waals surface area contributed by atoms with Crippen LogP contribution in [0, 0.1) is 0 Å². The molecule has 1 aromatic rings. The Bertz CT molecular complexity index is 414. The molecule has 0 aromatic carbocycles. The maximum Gasteiger partial charge on any atom is 0.359 e. The zero-order valence-electron chi connectivity index (χ0n) is 7.77. The summed E-state index contributed by atoms with van der Waals surface area (Å²) in [7, 11) is 0. The minimum Gasteiger partial charge on any atom is -0.461 e. The normalized spacial score (nSPS) is 9.86. The van der Waals surface area contributed by atoms with E-state index in [0.717, 1.165) is 6.07 Å². The van der Waals surface area contributed by atoms with E-state index in [1.54, 1.807) is 6.92 Å². The van der Waals surface area contributed by atoms with Gasteiger partial charge in [-0.1, -0.05) is 0 Å². The number of hydrogen-bond donors (Lipinski definition) is 0. The minimum absolute atomic E-state index is 0.163. The molecule has 0 aliphatic carbocycles. The standard InChI is InChI=1S/C8H9NO5/c1-3-13-8(12)6-4-7(11)14-9(6)5(2)10/h4H,3H2,1-2H3. The number of carbonyl (C=O) groups excluding carboxylic acids is 2. The van der Waals surface area contributed by atoms with Gasteiger partial charge in [0.2, 0.25) is 0 Å². The Balaban J connectivity index is 3.13. The van der Waals surface area contributed by atoms with E-state index >= 15 is 0 Å². The predicted molar refractivity (Wildman–Crippen MR) is 45.2 cm³/mol. The van der Waals surface area contributed by atoms with Gasteiger partial charge in [0.05, 0.1) is 12.7 Å². The number of ether oxygens (including phenoxy) is 1. The fourth-order valence-electron chi connectivity index (χ4n) is 0.917. The molecule has 1 rings (SSSR count). The fraction of sp³-hybridized carbons (Fsp3) is 0.375. The highest BCUT2D eigenvalue weighted by molar-refractivity contribution is 5.91. The Kier molecular flexibility index (Phi) is 2.85. The van der Waals surface area contributed by atoms with E-state index in [0.29, 0.717) is 4.74 Å². The van der Waals surface area contributed by atoms with Crippen LogP contribution in [-0.4, -0.2) is 23.2 Å². The van der Waals surface area contributed by atoms with Gasteiger partial charge in [-0.25, -0.2) is 9.59 Å². The van der Waals surface area contributed by atoms with Crippen molar-refractivity contribution in [3.63, 3.8) is 0 Å². The molecule has 1 heterocycles. The van der Waals surface area contributed by atoms with Gasteiger partial charge in [-0.2, -0.15) is 0 Å². The SMILES string of the molecule is CCOC(=O)c1cc(=O)on1C(C)=O. The Morgan fingerprint density at radius 1 is 1.57 bits per heavy atom. The van der Waals surface area contributed by atoms with Crippen LogP contribution in [0.2, 0.25) is 0 Å². The zero-order chi connectivity index (χ0) is 10.7. The lowest BCUT2D eigenvalue weighted by Gasteiger charge is -2.00. The molecule has 0 saturated heterocycles. The first-order valence-electron chi connectivity index (χ1n) is 3.97. The molecular weight excluding hydrogens is 190 g/mol. The summed E-state index contributed by atoms with van der Waals surface area (Å²) in [5.41, 5.74) is -0.951. The number of esters is 1. The first-order valence-corrected chi connectivity index (χ1v) is 3.97. The number of carbonyl (C=O) groups is 2. The first-order chi connectivity index (χ1) is 6.56. The van der Waals surface area contributed by atoms with Crippen molar-refractivity contribution in [3.05, 3.63) is 22.2 Å². The van der Waals surface area contributed by atoms with Crippen LogP contribution in [0.4, 0.5) is 0 Å². The van der Waals surface area contributed by atoms with Crippen molar-refractivity contribution in [1.29, 1.82) is 0 Å². The van der Waals surface area contributed by atoms with Gasteiger partial charge in [0.1, 0.15) is 0 Å². The van der Waals surface area contributed by atoms with E-state index in [-0.39, 0.29) is 12.3 Å². The summed E-state index contributed by atoms with van der Waals surface area (Å²) < 4.78 is 9.69. The molecule has 0 aliphatic rings. The van der Waals surface area contributed by atoms with Crippen LogP contribution in [0.15, 0.2) is 15.4 Å². The molecule has 0 saturated carbocycles. The Hall–Kier alpha value is -1.85. The third-order valence-corrected chi connectivity index (χ3v) is 1.43. The zero-order valence-corrected chi connectivity index (χ0v) is 7.77. The van der Waals surface area contributed by atoms with Crippen LogP contribution in [0.25, 0.3) is 0 Å². The average Bonchev–Trinajstić information content (AvgIpc) is 2.48. The molecule has 14 heavy (non-hydrogen) atoms. The van der Waals surface area contributed by atoms with E-state index in [4.69, 9.17) is 0 Å². The molecule has 0 N–H and O–H groups in total. The third kappa shape index (κ3) is 1.90. The molecule has 0 unspecified atom stereocenters. The minimum atomic E-state index is -0.761. The second kappa shape index (κ2) is 3.91. The Labute approximate surface area is 79.0 Å². The highest BCUT2D eigenvalue weighted by Crippen LogP contribution is 2.00. The van der Waals surface area contributed by atoms with Crippen molar-refractivity contribution in [2.45, 2.75) is 13.8 Å². The lowest BCUT2D eigenvalue weighted by Crippen LogP contribution is -2.15. The molecular formula is C8H9NO5. The van der Waals surface area contributed by atoms with Crippen LogP contribution >= 0.6 is 0 Å². The molecule has 6 nitrogen and oxygen atoms in total. The molecule has 0 radical (unpaired) electrons. The van der Waals surface area contributed by atoms with E-state index in [9.17, 15) is 14.4 Å². The summed E-state index contributed by atoms with van der Waals surface area (Å²) in [6.45, 7) is 2.95. The fourth-order valence-corrected chi connectivity index (χ4v) is 0.917. The molecule has 0 amide bonds. The molecule has 1 aromatic heterocycles. The molecule has 0 aliphatic heterocycles. The monoisotopic (exact) mass is 199 g/mol. The van der Waals surface area contributed by atoms with E-state index < -0.39 is 17.5 Å². The molecule has 6 heteroatoms. The summed E-state index contributed by atoms with van der Waals surface area (Å²) in [6.07, 6.45) is 0. The maximum absolute atomic E-state index is 11.2. The van der Waals surface area contributed by atoms with Crippen LogP contribution < -0.4 is 5.63 Å². The smallest absolute Gasteiger partial charge is 0.359 e. The highest BCUT2D eigenvalue weighted by atomic mass is 16.6. The topological polar surface area (TPSA) is 78.5 Å². The number of aromatic nitrogens is 1. The molecule has 0 spiro atoms. The van der Waals surface area contributed by atoms with Crippen molar-refractivity contribution >= 4 is 11.9 Å². The summed E-state index contributed by atoms with van der Waals surface area (Å²) in [6, 6.07) is 0.916. The second-order valence-corrected chi connectivity index (χ2v) is 2.47. The molecule has 0 atom stereocenters. The highest BCUT2D eigenvalue weighted by Gasteiger charge is 2.18. The van der Waals surface area contributed by atoms with Gasteiger partial charge in [0.15, 0.2) is 5.69 Å². The summed E-state index contributed by atoms with van der Waals surface area (Å²) >= 11 is 0. The van der Waals surface area contributed by atoms with Crippen LogP contribution in [0.5, 0.6) is 0 Å². The van der Waals surface area contributed by atoms with Crippen LogP contribution in [0.1, 0.15) is 29.1 Å². The van der Waals surface area contributed by atoms with Gasteiger partial charge in [-0.15, -0.1) is 4.74 Å². The lowest BCUT2D eigenvalue weighted by atomic mass is 10.4. The van der Waals surface area contributed by atoms with E-state index in [2.05, 4.69) is 9.26 Å². The summed E-state index contributed by atoms with van der Waals surface area (Å²) in [5.74, 6) is -1.32. The third-order valence-electron chi connectivity index (χ3n) is 1.43. The van der Waals surface area contributed by atoms with Crippen molar-refractivity contribution < 1.29 is 18.8 Å². The predicted octanol–water partition coefficient (Wildman–Crippen LogP) is 0.278. The number of nitrogens with zero attached hydrogens (tertiary/aromatic N) is 1. The second-order valence-electron chi connectivity index (χ2n) is 2.47. The quantitative estimate of drug-likeness (QED) is 0.639. The lowest BCUT2D eigenvalue weighted by molar-refractivity contribution is 0.0485. The number of hydrogen-bond acceptors (Lipinski definition) is 5. The van der Waals surface area contributed by atoms with Crippen molar-refractivity contribution in [3.8, 4) is 0 Å². The van der Waals surface area contributed by atoms with Crippen LogP contribution in [-0.2, 0) is 4.74 Å². The summed E-state index contributed by atoms with van der Waals surface area (Å²) in [5, 5.41) is 0. The van der Waals surface area contributed by atoms with Gasteiger partial charge in [-0.3, -0.25) is 4.79 Å². The van der Waals surface area contributed by atoms with Crippen molar-refractivity contribution in [2.24, 2.45) is 0 Å².